The van der Waals surface area contributed by atoms with Gasteiger partial charge in [-0.2, -0.15) is 0 Å². The maximum absolute atomic E-state index is 12.1. The monoisotopic (exact) mass is 323 g/mol. The van der Waals surface area contributed by atoms with Crippen molar-refractivity contribution >= 4 is 34.8 Å². The van der Waals surface area contributed by atoms with Gasteiger partial charge in [0, 0.05) is 21.3 Å². The maximum atomic E-state index is 12.1. The Hall–Kier alpha value is -1.71. The zero-order valence-electron chi connectivity index (χ0n) is 11.7. The van der Waals surface area contributed by atoms with Gasteiger partial charge in [0.1, 0.15) is 5.75 Å². The van der Waals surface area contributed by atoms with Crippen LogP contribution in [0.2, 0.25) is 10.0 Å². The van der Waals surface area contributed by atoms with E-state index in [4.69, 9.17) is 27.9 Å². The van der Waals surface area contributed by atoms with Crippen molar-refractivity contribution in [2.24, 2.45) is 0 Å². The number of halogens is 2. The van der Waals surface area contributed by atoms with Crippen molar-refractivity contribution in [1.29, 1.82) is 0 Å². The topological polar surface area (TPSA) is 38.3 Å². The van der Waals surface area contributed by atoms with Crippen LogP contribution in [-0.2, 0) is 0 Å². The highest BCUT2D eigenvalue weighted by Crippen LogP contribution is 2.21. The van der Waals surface area contributed by atoms with Gasteiger partial charge < -0.3 is 10.1 Å². The van der Waals surface area contributed by atoms with Gasteiger partial charge >= 0.3 is 0 Å². The summed E-state index contributed by atoms with van der Waals surface area (Å²) < 4.78 is 5.54. The number of benzene rings is 2. The second-order valence-corrected chi connectivity index (χ2v) is 5.68. The number of carbonyl (C=O) groups is 1. The standard InChI is InChI=1S/C16H15Cl2NO2/c1-10(2)21-15-5-3-14(4-6-15)19-16(20)11-7-12(17)9-13(18)8-11/h3-10H,1-2H3,(H,19,20). The molecule has 2 rings (SSSR count). The first-order chi connectivity index (χ1) is 9.94. The summed E-state index contributed by atoms with van der Waals surface area (Å²) in [6, 6.07) is 11.9. The Bertz CT molecular complexity index is 619. The van der Waals surface area contributed by atoms with E-state index in [2.05, 4.69) is 5.32 Å². The summed E-state index contributed by atoms with van der Waals surface area (Å²) >= 11 is 11.8. The molecular formula is C16H15Cl2NO2. The lowest BCUT2D eigenvalue weighted by molar-refractivity contribution is 0.102. The third-order valence-electron chi connectivity index (χ3n) is 2.61. The van der Waals surface area contributed by atoms with Crippen LogP contribution in [0.4, 0.5) is 5.69 Å². The highest BCUT2D eigenvalue weighted by molar-refractivity contribution is 6.35. The van der Waals surface area contributed by atoms with Crippen LogP contribution in [-0.4, -0.2) is 12.0 Å². The van der Waals surface area contributed by atoms with Gasteiger partial charge in [-0.25, -0.2) is 0 Å². The minimum atomic E-state index is -0.267. The summed E-state index contributed by atoms with van der Waals surface area (Å²) in [5.74, 6) is 0.491. The van der Waals surface area contributed by atoms with E-state index >= 15 is 0 Å². The fraction of sp³-hybridized carbons (Fsp3) is 0.188. The summed E-state index contributed by atoms with van der Waals surface area (Å²) in [7, 11) is 0. The van der Waals surface area contributed by atoms with E-state index < -0.39 is 0 Å². The number of carbonyl (C=O) groups excluding carboxylic acids is 1. The van der Waals surface area contributed by atoms with E-state index in [1.807, 2.05) is 13.8 Å². The van der Waals surface area contributed by atoms with E-state index in [0.29, 0.717) is 21.3 Å². The molecule has 2 aromatic carbocycles. The summed E-state index contributed by atoms with van der Waals surface area (Å²) in [5.41, 5.74) is 1.09. The molecule has 2 aromatic rings. The maximum Gasteiger partial charge on any atom is 0.255 e. The van der Waals surface area contributed by atoms with E-state index in [9.17, 15) is 4.79 Å². The second kappa shape index (κ2) is 6.83. The second-order valence-electron chi connectivity index (χ2n) is 4.80. The molecular weight excluding hydrogens is 309 g/mol. The molecule has 0 spiro atoms. The van der Waals surface area contributed by atoms with Crippen LogP contribution in [0.1, 0.15) is 24.2 Å². The van der Waals surface area contributed by atoms with Gasteiger partial charge in [0.2, 0.25) is 0 Å². The van der Waals surface area contributed by atoms with Gasteiger partial charge in [-0.05, 0) is 56.3 Å². The third kappa shape index (κ3) is 4.66. The van der Waals surface area contributed by atoms with E-state index in [1.54, 1.807) is 42.5 Å². The van der Waals surface area contributed by atoms with Gasteiger partial charge in [0.15, 0.2) is 0 Å². The molecule has 0 unspecified atom stereocenters. The molecule has 5 heteroatoms. The van der Waals surface area contributed by atoms with Crippen molar-refractivity contribution in [3.8, 4) is 5.75 Å². The molecule has 3 nitrogen and oxygen atoms in total. The smallest absolute Gasteiger partial charge is 0.255 e. The van der Waals surface area contributed by atoms with Crippen LogP contribution < -0.4 is 10.1 Å². The molecule has 0 saturated heterocycles. The van der Waals surface area contributed by atoms with Crippen LogP contribution in [0, 0.1) is 0 Å². The lowest BCUT2D eigenvalue weighted by Gasteiger charge is -2.11. The third-order valence-corrected chi connectivity index (χ3v) is 3.05. The first-order valence-corrected chi connectivity index (χ1v) is 7.24. The zero-order valence-corrected chi connectivity index (χ0v) is 13.2. The molecule has 0 aliphatic carbocycles. The average Bonchev–Trinajstić information content (AvgIpc) is 2.39. The Morgan fingerprint density at radius 3 is 2.14 bits per heavy atom. The molecule has 0 saturated carbocycles. The Labute approximate surface area is 133 Å². The Balaban J connectivity index is 2.08. The van der Waals surface area contributed by atoms with Gasteiger partial charge in [-0.15, -0.1) is 0 Å². The molecule has 0 heterocycles. The first kappa shape index (κ1) is 15.7. The quantitative estimate of drug-likeness (QED) is 0.856. The minimum Gasteiger partial charge on any atom is -0.491 e. The minimum absolute atomic E-state index is 0.110. The summed E-state index contributed by atoms with van der Waals surface area (Å²) in [6.45, 7) is 3.91. The molecule has 0 fully saturated rings. The number of ether oxygens (including phenoxy) is 1. The zero-order chi connectivity index (χ0) is 15.4. The number of hydrogen-bond donors (Lipinski definition) is 1. The van der Waals surface area contributed by atoms with Gasteiger partial charge in [-0.1, -0.05) is 23.2 Å². The molecule has 0 aliphatic rings. The molecule has 0 aromatic heterocycles. The predicted octanol–water partition coefficient (Wildman–Crippen LogP) is 5.03. The van der Waals surface area contributed by atoms with Crippen LogP contribution in [0.5, 0.6) is 5.75 Å². The summed E-state index contributed by atoms with van der Waals surface area (Å²) in [6.07, 6.45) is 0.110. The highest BCUT2D eigenvalue weighted by Gasteiger charge is 2.08. The van der Waals surface area contributed by atoms with Crippen LogP contribution in [0.3, 0.4) is 0 Å². The first-order valence-electron chi connectivity index (χ1n) is 6.48. The Kier molecular flexibility index (Phi) is 5.10. The Morgan fingerprint density at radius 2 is 1.62 bits per heavy atom. The van der Waals surface area contributed by atoms with Gasteiger partial charge in [0.25, 0.3) is 5.91 Å². The lowest BCUT2D eigenvalue weighted by atomic mass is 10.2. The fourth-order valence-corrected chi connectivity index (χ4v) is 2.30. The summed E-state index contributed by atoms with van der Waals surface area (Å²) in [4.78, 5) is 12.1. The number of nitrogens with one attached hydrogen (secondary N) is 1. The largest absolute Gasteiger partial charge is 0.491 e. The van der Waals surface area contributed by atoms with Crippen molar-refractivity contribution in [3.63, 3.8) is 0 Å². The van der Waals surface area contributed by atoms with E-state index in [0.717, 1.165) is 5.75 Å². The fourth-order valence-electron chi connectivity index (χ4n) is 1.78. The van der Waals surface area contributed by atoms with Crippen LogP contribution >= 0.6 is 23.2 Å². The van der Waals surface area contributed by atoms with Gasteiger partial charge in [0.05, 0.1) is 6.10 Å². The lowest BCUT2D eigenvalue weighted by Crippen LogP contribution is -2.12. The normalized spacial score (nSPS) is 10.5. The molecule has 0 aliphatic heterocycles. The van der Waals surface area contributed by atoms with E-state index in [1.165, 1.54) is 0 Å². The average molecular weight is 324 g/mol. The molecule has 0 bridgehead atoms. The van der Waals surface area contributed by atoms with Crippen molar-refractivity contribution in [1.82, 2.24) is 0 Å². The number of hydrogen-bond acceptors (Lipinski definition) is 2. The van der Waals surface area contributed by atoms with Crippen molar-refractivity contribution in [2.75, 3.05) is 5.32 Å². The molecule has 1 amide bonds. The van der Waals surface area contributed by atoms with Crippen LogP contribution in [0.25, 0.3) is 0 Å². The van der Waals surface area contributed by atoms with Crippen LogP contribution in [0.15, 0.2) is 42.5 Å². The highest BCUT2D eigenvalue weighted by atomic mass is 35.5. The van der Waals surface area contributed by atoms with Crippen molar-refractivity contribution < 1.29 is 9.53 Å². The molecule has 0 atom stereocenters. The molecule has 0 radical (unpaired) electrons. The number of rotatable bonds is 4. The SMILES string of the molecule is CC(C)Oc1ccc(NC(=O)c2cc(Cl)cc(Cl)c2)cc1. The molecule has 110 valence electrons. The number of amides is 1. The molecule has 21 heavy (non-hydrogen) atoms. The number of anilines is 1. The van der Waals surface area contributed by atoms with Gasteiger partial charge in [-0.3, -0.25) is 4.79 Å². The summed E-state index contributed by atoms with van der Waals surface area (Å²) in [5, 5.41) is 3.63. The van der Waals surface area contributed by atoms with Crippen molar-refractivity contribution in [3.05, 3.63) is 58.1 Å². The molecule has 1 N–H and O–H groups in total. The Morgan fingerprint density at radius 1 is 1.05 bits per heavy atom. The van der Waals surface area contributed by atoms with E-state index in [-0.39, 0.29) is 12.0 Å². The predicted molar refractivity (Wildman–Crippen MR) is 86.6 cm³/mol. The van der Waals surface area contributed by atoms with Crippen molar-refractivity contribution in [2.45, 2.75) is 20.0 Å².